The maximum atomic E-state index is 5.89. The summed E-state index contributed by atoms with van der Waals surface area (Å²) in [6.07, 6.45) is 0. The Kier molecular flexibility index (Phi) is 2.96. The number of thiophene rings is 1. The molecule has 17 heavy (non-hydrogen) atoms. The van der Waals surface area contributed by atoms with E-state index in [1.54, 1.807) is 0 Å². The maximum absolute atomic E-state index is 5.89. The Morgan fingerprint density at radius 1 is 1.24 bits per heavy atom. The lowest BCUT2D eigenvalue weighted by atomic mass is 10.2. The number of rotatable bonds is 3. The smallest absolute Gasteiger partial charge is 0.148 e. The van der Waals surface area contributed by atoms with Crippen LogP contribution in [0.2, 0.25) is 4.34 Å². The standard InChI is InChI=1S/C11H11ClN4S/c12-10-3-2-9(17-10)8-1-4-11(16-15-8)14-7-5-13-6-7/h1-4,7,13H,5-6H2,(H,14,16). The quantitative estimate of drug-likeness (QED) is 0.895. The molecule has 0 aromatic carbocycles. The van der Waals surface area contributed by atoms with E-state index in [0.29, 0.717) is 6.04 Å². The third kappa shape index (κ3) is 2.41. The second kappa shape index (κ2) is 4.60. The third-order valence-electron chi connectivity index (χ3n) is 2.62. The van der Waals surface area contributed by atoms with Crippen LogP contribution >= 0.6 is 22.9 Å². The van der Waals surface area contributed by atoms with Crippen LogP contribution in [0.4, 0.5) is 5.82 Å². The lowest BCUT2D eigenvalue weighted by Gasteiger charge is -2.28. The summed E-state index contributed by atoms with van der Waals surface area (Å²) in [7, 11) is 0. The Hall–Kier alpha value is -1.17. The molecule has 0 atom stereocenters. The lowest BCUT2D eigenvalue weighted by Crippen LogP contribution is -2.51. The summed E-state index contributed by atoms with van der Waals surface area (Å²) in [5.74, 6) is 0.822. The monoisotopic (exact) mass is 266 g/mol. The minimum atomic E-state index is 0.478. The molecular formula is C11H11ClN4S. The molecule has 2 aromatic rings. The van der Waals surface area contributed by atoms with Gasteiger partial charge in [-0.3, -0.25) is 0 Å². The van der Waals surface area contributed by atoms with Crippen molar-refractivity contribution in [2.45, 2.75) is 6.04 Å². The molecule has 2 N–H and O–H groups in total. The van der Waals surface area contributed by atoms with Crippen LogP contribution in [0.25, 0.3) is 10.6 Å². The first-order valence-electron chi connectivity index (χ1n) is 5.38. The fourth-order valence-corrected chi connectivity index (χ4v) is 2.60. The molecule has 4 nitrogen and oxygen atoms in total. The highest BCUT2D eigenvalue weighted by Crippen LogP contribution is 2.29. The molecule has 0 aliphatic carbocycles. The van der Waals surface area contributed by atoms with Crippen LogP contribution in [0.1, 0.15) is 0 Å². The molecule has 0 unspecified atom stereocenters. The molecule has 3 heterocycles. The highest BCUT2D eigenvalue weighted by Gasteiger charge is 2.16. The van der Waals surface area contributed by atoms with Crippen molar-refractivity contribution in [3.05, 3.63) is 28.6 Å². The van der Waals surface area contributed by atoms with E-state index in [0.717, 1.165) is 33.8 Å². The summed E-state index contributed by atoms with van der Waals surface area (Å²) in [6.45, 7) is 1.98. The van der Waals surface area contributed by atoms with Crippen LogP contribution < -0.4 is 10.6 Å². The summed E-state index contributed by atoms with van der Waals surface area (Å²) in [4.78, 5) is 1.04. The minimum absolute atomic E-state index is 0.478. The van der Waals surface area contributed by atoms with Gasteiger partial charge in [-0.25, -0.2) is 0 Å². The second-order valence-electron chi connectivity index (χ2n) is 3.91. The molecule has 6 heteroatoms. The van der Waals surface area contributed by atoms with Gasteiger partial charge in [-0.1, -0.05) is 11.6 Å². The van der Waals surface area contributed by atoms with Crippen LogP contribution in [0.3, 0.4) is 0 Å². The number of aromatic nitrogens is 2. The molecule has 1 saturated heterocycles. The van der Waals surface area contributed by atoms with Crippen LogP contribution in [-0.2, 0) is 0 Å². The predicted octanol–water partition coefficient (Wildman–Crippen LogP) is 2.24. The van der Waals surface area contributed by atoms with Gasteiger partial charge >= 0.3 is 0 Å². The Morgan fingerprint density at radius 2 is 2.12 bits per heavy atom. The maximum Gasteiger partial charge on any atom is 0.148 e. The SMILES string of the molecule is Clc1ccc(-c2ccc(NC3CNC3)nn2)s1. The van der Waals surface area contributed by atoms with Gasteiger partial charge in [-0.15, -0.1) is 21.5 Å². The molecule has 0 radical (unpaired) electrons. The number of nitrogens with one attached hydrogen (secondary N) is 2. The number of halogens is 1. The average molecular weight is 267 g/mol. The van der Waals surface area contributed by atoms with E-state index in [1.165, 1.54) is 11.3 Å². The van der Waals surface area contributed by atoms with Crippen LogP contribution in [0, 0.1) is 0 Å². The normalized spacial score (nSPS) is 15.6. The van der Waals surface area contributed by atoms with E-state index in [-0.39, 0.29) is 0 Å². The van der Waals surface area contributed by atoms with Gasteiger partial charge in [0.1, 0.15) is 11.5 Å². The lowest BCUT2D eigenvalue weighted by molar-refractivity contribution is 0.470. The van der Waals surface area contributed by atoms with Crippen molar-refractivity contribution in [2.24, 2.45) is 0 Å². The Morgan fingerprint density at radius 3 is 2.65 bits per heavy atom. The van der Waals surface area contributed by atoms with Crippen LogP contribution in [-0.4, -0.2) is 29.3 Å². The topological polar surface area (TPSA) is 49.8 Å². The van der Waals surface area contributed by atoms with E-state index < -0.39 is 0 Å². The first kappa shape index (κ1) is 11.0. The van der Waals surface area contributed by atoms with Crippen molar-refractivity contribution < 1.29 is 0 Å². The molecule has 2 aromatic heterocycles. The molecule has 1 aliphatic heterocycles. The van der Waals surface area contributed by atoms with Crippen molar-refractivity contribution in [1.29, 1.82) is 0 Å². The average Bonchev–Trinajstić information content (AvgIpc) is 2.71. The molecule has 0 amide bonds. The molecule has 0 bridgehead atoms. The van der Waals surface area contributed by atoms with Crippen molar-refractivity contribution >= 4 is 28.8 Å². The van der Waals surface area contributed by atoms with Gasteiger partial charge in [0.25, 0.3) is 0 Å². The number of hydrogen-bond donors (Lipinski definition) is 2. The molecular weight excluding hydrogens is 256 g/mol. The zero-order chi connectivity index (χ0) is 11.7. The van der Waals surface area contributed by atoms with E-state index in [4.69, 9.17) is 11.6 Å². The van der Waals surface area contributed by atoms with Gasteiger partial charge < -0.3 is 10.6 Å². The van der Waals surface area contributed by atoms with Gasteiger partial charge in [-0.2, -0.15) is 0 Å². The Labute approximate surface area is 108 Å². The van der Waals surface area contributed by atoms with Gasteiger partial charge in [0.2, 0.25) is 0 Å². The van der Waals surface area contributed by atoms with Gasteiger partial charge in [0.15, 0.2) is 0 Å². The number of hydrogen-bond acceptors (Lipinski definition) is 5. The number of nitrogens with zero attached hydrogens (tertiary/aromatic N) is 2. The molecule has 88 valence electrons. The third-order valence-corrected chi connectivity index (χ3v) is 3.88. The predicted molar refractivity (Wildman–Crippen MR) is 70.6 cm³/mol. The fourth-order valence-electron chi connectivity index (χ4n) is 1.59. The van der Waals surface area contributed by atoms with Crippen molar-refractivity contribution in [3.8, 4) is 10.6 Å². The molecule has 3 rings (SSSR count). The van der Waals surface area contributed by atoms with Gasteiger partial charge in [-0.05, 0) is 24.3 Å². The van der Waals surface area contributed by atoms with Crippen LogP contribution in [0.5, 0.6) is 0 Å². The highest BCUT2D eigenvalue weighted by molar-refractivity contribution is 7.19. The largest absolute Gasteiger partial charge is 0.363 e. The van der Waals surface area contributed by atoms with Crippen molar-refractivity contribution in [2.75, 3.05) is 18.4 Å². The molecule has 1 fully saturated rings. The second-order valence-corrected chi connectivity index (χ2v) is 5.62. The van der Waals surface area contributed by atoms with E-state index >= 15 is 0 Å². The summed E-state index contributed by atoms with van der Waals surface area (Å²) < 4.78 is 0.768. The zero-order valence-electron chi connectivity index (χ0n) is 8.98. The van der Waals surface area contributed by atoms with Crippen molar-refractivity contribution in [1.82, 2.24) is 15.5 Å². The van der Waals surface area contributed by atoms with Gasteiger partial charge in [0.05, 0.1) is 15.3 Å². The molecule has 1 aliphatic rings. The van der Waals surface area contributed by atoms with Crippen LogP contribution in [0.15, 0.2) is 24.3 Å². The van der Waals surface area contributed by atoms with Gasteiger partial charge in [0, 0.05) is 13.1 Å². The Bertz CT molecular complexity index is 506. The Balaban J connectivity index is 1.75. The summed E-state index contributed by atoms with van der Waals surface area (Å²) in [5.41, 5.74) is 0.860. The fraction of sp³-hybridized carbons (Fsp3) is 0.273. The first-order valence-corrected chi connectivity index (χ1v) is 6.57. The summed E-state index contributed by atoms with van der Waals surface area (Å²) in [5, 5.41) is 14.9. The number of anilines is 1. The first-order chi connectivity index (χ1) is 8.31. The zero-order valence-corrected chi connectivity index (χ0v) is 10.6. The molecule has 0 spiro atoms. The molecule has 0 saturated carbocycles. The highest BCUT2D eigenvalue weighted by atomic mass is 35.5. The summed E-state index contributed by atoms with van der Waals surface area (Å²) in [6, 6.07) is 8.22. The van der Waals surface area contributed by atoms with E-state index in [9.17, 15) is 0 Å². The van der Waals surface area contributed by atoms with E-state index in [1.807, 2.05) is 24.3 Å². The van der Waals surface area contributed by atoms with Crippen molar-refractivity contribution in [3.63, 3.8) is 0 Å². The minimum Gasteiger partial charge on any atom is -0.363 e. The van der Waals surface area contributed by atoms with E-state index in [2.05, 4.69) is 20.8 Å². The summed E-state index contributed by atoms with van der Waals surface area (Å²) >= 11 is 7.40.